The van der Waals surface area contributed by atoms with Gasteiger partial charge in [-0.1, -0.05) is 165 Å². The van der Waals surface area contributed by atoms with Crippen molar-refractivity contribution in [3.05, 3.63) is 341 Å². The van der Waals surface area contributed by atoms with E-state index in [-0.39, 0.29) is 56.4 Å². The lowest BCUT2D eigenvalue weighted by atomic mass is 9.55. The number of imidazole rings is 5. The zero-order valence-electron chi connectivity index (χ0n) is 84.5. The van der Waals surface area contributed by atoms with Crippen LogP contribution in [0.2, 0.25) is 0 Å². The van der Waals surface area contributed by atoms with Crippen LogP contribution in [-0.4, -0.2) is 128 Å². The molecule has 0 radical (unpaired) electrons. The highest BCUT2D eigenvalue weighted by atomic mass is 79.9. The maximum Gasteiger partial charge on any atom is 0.182 e. The number of para-hydroxylation sites is 5. The van der Waals surface area contributed by atoms with Crippen molar-refractivity contribution in [1.82, 2.24) is 72.8 Å². The van der Waals surface area contributed by atoms with Crippen molar-refractivity contribution >= 4 is 27.5 Å². The summed E-state index contributed by atoms with van der Waals surface area (Å²) in [4.78, 5) is 68.0. The predicted molar refractivity (Wildman–Crippen MR) is 562 cm³/mol. The van der Waals surface area contributed by atoms with E-state index in [1.807, 2.05) is 98.8 Å². The normalized spacial score (nSPS) is 27.8. The van der Waals surface area contributed by atoms with Gasteiger partial charge in [0.15, 0.2) is 22.1 Å². The number of benzene rings is 5. The second-order valence-corrected chi connectivity index (χ2v) is 44.4. The van der Waals surface area contributed by atoms with Crippen LogP contribution >= 0.6 is 15.9 Å². The number of halogens is 1. The third-order valence-corrected chi connectivity index (χ3v) is 36.9. The zero-order valence-corrected chi connectivity index (χ0v) is 86.1. The molecule has 10 aromatic heterocycles. The number of nitrogens with zero attached hydrogens (tertiary/aromatic N) is 15. The van der Waals surface area contributed by atoms with Gasteiger partial charge in [0.2, 0.25) is 0 Å². The summed E-state index contributed by atoms with van der Waals surface area (Å²) in [6.45, 7) is 25.7. The smallest absolute Gasteiger partial charge is 0.182 e. The molecule has 15 aromatic rings. The molecule has 23 nitrogen and oxygen atoms in total. The van der Waals surface area contributed by atoms with E-state index in [9.17, 15) is 14.7 Å². The Morgan fingerprint density at radius 2 is 0.648 bits per heavy atom. The summed E-state index contributed by atoms with van der Waals surface area (Å²) in [5.41, 5.74) is 24.1. The Labute approximate surface area is 856 Å². The molecular weight excluding hydrogens is 1870 g/mol. The van der Waals surface area contributed by atoms with E-state index in [1.54, 1.807) is 12.4 Å². The average molecular weight is 2000 g/mol. The lowest BCUT2D eigenvalue weighted by molar-refractivity contribution is -0.235. The number of carbonyl (C=O) groups is 2. The maximum absolute atomic E-state index is 12.7. The summed E-state index contributed by atoms with van der Waals surface area (Å²) >= 11 is 3.73. The minimum Gasteiger partial charge on any atom is -0.515 e. The van der Waals surface area contributed by atoms with Gasteiger partial charge in [0.1, 0.15) is 34.8 Å². The lowest BCUT2D eigenvalue weighted by Crippen LogP contribution is -2.55. The molecule has 6 fully saturated rings. The van der Waals surface area contributed by atoms with Crippen LogP contribution in [0.3, 0.4) is 0 Å². The number of aliphatic hydroxyl groups is 1. The van der Waals surface area contributed by atoms with Crippen molar-refractivity contribution in [2.24, 2.45) is 53.3 Å². The third kappa shape index (κ3) is 16.1. The largest absolute Gasteiger partial charge is 0.515 e. The number of allylic oxidation sites excluding steroid dienone is 1. The molecule has 2 saturated heterocycles. The summed E-state index contributed by atoms with van der Waals surface area (Å²) in [5, 5.41) is 13.8. The van der Waals surface area contributed by atoms with Crippen LogP contribution < -0.4 is 0 Å². The van der Waals surface area contributed by atoms with Gasteiger partial charge in [-0.2, -0.15) is 0 Å². The van der Waals surface area contributed by atoms with Crippen molar-refractivity contribution in [3.8, 4) is 74.0 Å². The highest BCUT2D eigenvalue weighted by Crippen LogP contribution is 2.62. The number of pyridine rings is 4. The quantitative estimate of drug-likeness (QED) is 0.104. The minimum atomic E-state index is -0.391. The van der Waals surface area contributed by atoms with E-state index in [2.05, 4.69) is 278 Å². The first-order chi connectivity index (χ1) is 70.5. The summed E-state index contributed by atoms with van der Waals surface area (Å²) in [6, 6.07) is 68.8. The second-order valence-electron chi connectivity index (χ2n) is 43.7. The number of aliphatic hydroxyl groups excluding tert-OH is 1. The van der Waals surface area contributed by atoms with Crippen LogP contribution in [0.15, 0.2) is 277 Å². The molecule has 4 saturated carbocycles. The molecule has 27 rings (SSSR count). The molecule has 15 atom stereocenters. The molecule has 145 heavy (non-hydrogen) atoms. The molecule has 12 aliphatic rings. The summed E-state index contributed by atoms with van der Waals surface area (Å²) in [5.74, 6) is 7.90. The van der Waals surface area contributed by atoms with E-state index >= 15 is 0 Å². The molecule has 0 bridgehead atoms. The Balaban J connectivity index is 0.000000100. The third-order valence-electron chi connectivity index (χ3n) is 36.3. The van der Waals surface area contributed by atoms with Crippen molar-refractivity contribution in [1.29, 1.82) is 0 Å². The lowest BCUT2D eigenvalue weighted by Gasteiger charge is -2.53. The van der Waals surface area contributed by atoms with E-state index in [0.717, 1.165) is 201 Å². The molecule has 2 spiro atoms. The molecule has 12 heterocycles. The Kier molecular flexibility index (Phi) is 25.2. The van der Waals surface area contributed by atoms with Gasteiger partial charge in [-0.3, -0.25) is 52.4 Å². The summed E-state index contributed by atoms with van der Waals surface area (Å²) < 4.78 is 42.8. The first-order valence-corrected chi connectivity index (χ1v) is 53.3. The van der Waals surface area contributed by atoms with Gasteiger partial charge in [-0.15, -0.1) is 0 Å². The van der Waals surface area contributed by atoms with Crippen molar-refractivity contribution in [3.63, 3.8) is 0 Å². The van der Waals surface area contributed by atoms with E-state index < -0.39 is 5.79 Å². The first kappa shape index (κ1) is 95.7. The average Bonchev–Trinajstić information content (AvgIpc) is 1.66. The molecule has 0 amide bonds. The van der Waals surface area contributed by atoms with Gasteiger partial charge in [-0.05, 0) is 251 Å². The molecule has 2 aliphatic heterocycles. The van der Waals surface area contributed by atoms with E-state index in [1.165, 1.54) is 68.2 Å². The Morgan fingerprint density at radius 3 is 1.01 bits per heavy atom. The fourth-order valence-electron chi connectivity index (χ4n) is 28.9. The van der Waals surface area contributed by atoms with Gasteiger partial charge >= 0.3 is 0 Å². The van der Waals surface area contributed by atoms with Gasteiger partial charge in [-0.25, -0.2) is 24.9 Å². The molecule has 742 valence electrons. The molecule has 24 heteroatoms. The minimum absolute atomic E-state index is 0.0232. The molecule has 1 N–H and O–H groups in total. The van der Waals surface area contributed by atoms with Crippen LogP contribution in [0.1, 0.15) is 220 Å². The summed E-state index contributed by atoms with van der Waals surface area (Å²) in [6.07, 6.45) is 34.8. The fourth-order valence-corrected chi connectivity index (χ4v) is 29.5. The van der Waals surface area contributed by atoms with Crippen molar-refractivity contribution < 1.29 is 38.2 Å². The highest BCUT2D eigenvalue weighted by Gasteiger charge is 2.62. The number of hydrogen-bond acceptors (Lipinski definition) is 18. The Morgan fingerprint density at radius 1 is 0.345 bits per heavy atom. The number of hydrogen-bond donors (Lipinski definition) is 1. The first-order valence-electron chi connectivity index (χ1n) is 52.5. The highest BCUT2D eigenvalue weighted by molar-refractivity contribution is 9.10. The molecule has 10 aliphatic carbocycles. The van der Waals surface area contributed by atoms with Crippen LogP contribution in [-0.2, 0) is 94.1 Å². The maximum atomic E-state index is 12.7. The SMILES string of the molecule is C[C@@H]1C(=O)/C(=C\O)C[C@]2(C)c3nc(-c4ccncc4)n(-c4ccccc4)c3CC[C@@H]12.C[C@@H]1C(=O)CC[C@]2(C)c3nc(-c4ccncc4)n(-c4ccccc4)c3CC[C@@H]12.C[C@@H]1c2oncc2C[C@]2(C)c3nc(-c4ccncc4)n(-c4ccccc4)c3CC[C@@H]12.C[C@H]1[C@@H]2CCc3c(nc(-c4ccncc4)n3-c3ccccc3)[C@@]2(C)CCC12OCCO2.C[C@H]1[C@@H]2CCc3c(nc(Br)n3-c3ccccc3)[C@@]2(C)CCC12OCCO2. The molecule has 5 aromatic carbocycles. The number of ketones is 2. The topological polar surface area (TPSA) is 258 Å². The fraction of sp³-hybridized carbons (Fsp3) is 0.405. The zero-order chi connectivity index (χ0) is 99.5. The number of fused-ring (bicyclic) bond motifs is 16. The molecule has 0 unspecified atom stereocenters. The van der Waals surface area contributed by atoms with Gasteiger partial charge < -0.3 is 28.6 Å². The number of ether oxygens (including phenoxy) is 4. The van der Waals surface area contributed by atoms with Crippen LogP contribution in [0.25, 0.3) is 74.0 Å². The Hall–Kier alpha value is -12.8. The number of rotatable bonds is 9. The number of Topliss-reactive ketones (excluding diaryl/α,β-unsaturated/α-hetero) is 2. The second kappa shape index (κ2) is 38.2. The van der Waals surface area contributed by atoms with Crippen molar-refractivity contribution in [2.75, 3.05) is 26.4 Å². The van der Waals surface area contributed by atoms with Crippen LogP contribution in [0.4, 0.5) is 0 Å². The van der Waals surface area contributed by atoms with E-state index in [0.29, 0.717) is 78.8 Å². The van der Waals surface area contributed by atoms with Crippen molar-refractivity contribution in [2.45, 2.75) is 229 Å². The van der Waals surface area contributed by atoms with E-state index in [4.69, 9.17) is 48.4 Å². The monoisotopic (exact) mass is 2000 g/mol. The predicted octanol–water partition coefficient (Wildman–Crippen LogP) is 24.2. The number of carbonyl (C=O) groups excluding carboxylic acids is 2. The molecular formula is C121H128BrN15O8. The van der Waals surface area contributed by atoms with Gasteiger partial charge in [0, 0.05) is 216 Å². The van der Waals surface area contributed by atoms with Gasteiger partial charge in [0.25, 0.3) is 0 Å². The van der Waals surface area contributed by atoms with Crippen LogP contribution in [0.5, 0.6) is 0 Å². The Bertz CT molecular complexity index is 7290. The van der Waals surface area contributed by atoms with Gasteiger partial charge in [0.05, 0.1) is 67.4 Å². The summed E-state index contributed by atoms with van der Waals surface area (Å²) in [7, 11) is 0. The number of aromatic nitrogens is 15. The standard InChI is InChI=1S/C26H29N3O2.C25H24N4O.C25H25N3O2.C24H25N3O.C21H25BrN2O2/c1-18-21-8-9-22-23(25(21,2)12-13-26(18)30-16-17-31-26)28-24(19-10-14-27-15-11-19)29(22)20-6-4-3-5-7-20;1-16-20-8-9-21-23(25(20,2)14-18-15-27-30-22(16)18)28-24(17-10-12-26-13-11-17)29(21)19-6-4-3-5-7-19;1-16-20-8-9-21-23(25(20,2)14-18(15-29)22(16)30)27-24(17-10-12-26-13-11-17)28(21)19-6-4-3-5-7-19;1-16-19-8-9-20-22(24(19,2)13-10-21(16)28)26-23(17-11-14-25-15-12-17)27(20)18-6-4-3-5-7-18;1-14-16-8-9-17-18(20(16,2)10-11-21(14)25-12-13-26-21)23-19(22)24(17)15-6-4-3-5-7-15/h3-7,10-11,14-15,18,21H,8-9,12-13,16-17H2,1-2H3;3-7,10-13,15-16,20H,8-9,14H2,1-2H3;3-7,10-13,15-16,20,29H,8-9,14H2,1-2H3;3-7,11-12,14-16,19H,8-10,13H2,1-2H3;3-7,14,16H,8-13H2,1-2H3/b;;18-15-;;/t18-,21-,25-;2*16-,20-,25-;16-,19-,24-;14-,16-,20-/m00000/s1. The van der Waals surface area contributed by atoms with Crippen LogP contribution in [0, 0.1) is 53.3 Å².